The van der Waals surface area contributed by atoms with Gasteiger partial charge in [0.2, 0.25) is 0 Å². The zero-order chi connectivity index (χ0) is 13.6. The summed E-state index contributed by atoms with van der Waals surface area (Å²) in [5, 5.41) is 0. The molecule has 0 saturated heterocycles. The SMILES string of the molecule is CC(C)c1cc2c([nH]1)C(C)(C)c1ccccc1CC2. The number of fused-ring (bicyclic) bond motifs is 2. The van der Waals surface area contributed by atoms with Crippen LogP contribution in [0.5, 0.6) is 0 Å². The number of rotatable bonds is 1. The van der Waals surface area contributed by atoms with Crippen LogP contribution in [0, 0.1) is 0 Å². The van der Waals surface area contributed by atoms with E-state index in [0.717, 1.165) is 12.8 Å². The van der Waals surface area contributed by atoms with Gasteiger partial charge in [-0.05, 0) is 41.5 Å². The van der Waals surface area contributed by atoms with Gasteiger partial charge in [0.15, 0.2) is 0 Å². The topological polar surface area (TPSA) is 15.8 Å². The number of aromatic nitrogens is 1. The number of hydrogen-bond acceptors (Lipinski definition) is 0. The van der Waals surface area contributed by atoms with Crippen LogP contribution in [-0.2, 0) is 18.3 Å². The smallest absolute Gasteiger partial charge is 0.0302 e. The first-order valence-electron chi connectivity index (χ1n) is 7.31. The molecule has 19 heavy (non-hydrogen) atoms. The lowest BCUT2D eigenvalue weighted by atomic mass is 9.79. The van der Waals surface area contributed by atoms with E-state index in [4.69, 9.17) is 0 Å². The minimum atomic E-state index is 0.0789. The second-order valence-electron chi connectivity index (χ2n) is 6.56. The van der Waals surface area contributed by atoms with Gasteiger partial charge in [0, 0.05) is 16.8 Å². The third-order valence-electron chi connectivity index (χ3n) is 4.52. The van der Waals surface area contributed by atoms with E-state index in [-0.39, 0.29) is 5.41 Å². The Morgan fingerprint density at radius 2 is 1.74 bits per heavy atom. The van der Waals surface area contributed by atoms with Crippen molar-refractivity contribution in [3.05, 3.63) is 58.4 Å². The molecule has 1 N–H and O–H groups in total. The van der Waals surface area contributed by atoms with Crippen molar-refractivity contribution < 1.29 is 0 Å². The summed E-state index contributed by atoms with van der Waals surface area (Å²) in [5.74, 6) is 0.568. The van der Waals surface area contributed by atoms with Crippen LogP contribution in [-0.4, -0.2) is 4.98 Å². The standard InChI is InChI=1S/C18H23N/c1-12(2)16-11-14-10-9-13-7-5-6-8-15(13)18(3,4)17(14)19-16/h5-8,11-12,19H,9-10H2,1-4H3. The van der Waals surface area contributed by atoms with E-state index in [0.29, 0.717) is 5.92 Å². The highest BCUT2D eigenvalue weighted by Crippen LogP contribution is 2.39. The van der Waals surface area contributed by atoms with Gasteiger partial charge in [-0.1, -0.05) is 52.0 Å². The molecule has 0 spiro atoms. The molecule has 1 heterocycles. The maximum absolute atomic E-state index is 3.70. The predicted molar refractivity (Wildman–Crippen MR) is 80.9 cm³/mol. The predicted octanol–water partition coefficient (Wildman–Crippen LogP) is 4.56. The molecule has 1 aromatic heterocycles. The lowest BCUT2D eigenvalue weighted by Crippen LogP contribution is -2.21. The molecule has 2 aromatic rings. The molecule has 1 nitrogen and oxygen atoms in total. The molecule has 0 saturated carbocycles. The molecule has 1 aliphatic carbocycles. The molecule has 0 amide bonds. The van der Waals surface area contributed by atoms with Crippen LogP contribution in [0.1, 0.15) is 61.7 Å². The monoisotopic (exact) mass is 253 g/mol. The van der Waals surface area contributed by atoms with Gasteiger partial charge in [0.05, 0.1) is 0 Å². The summed E-state index contributed by atoms with van der Waals surface area (Å²) in [6.45, 7) is 9.20. The van der Waals surface area contributed by atoms with Gasteiger partial charge >= 0.3 is 0 Å². The molecular weight excluding hydrogens is 230 g/mol. The number of hydrogen-bond donors (Lipinski definition) is 1. The van der Waals surface area contributed by atoms with Crippen molar-refractivity contribution >= 4 is 0 Å². The number of nitrogens with one attached hydrogen (secondary N) is 1. The summed E-state index contributed by atoms with van der Waals surface area (Å²) in [4.78, 5) is 3.70. The third-order valence-corrected chi connectivity index (χ3v) is 4.52. The van der Waals surface area contributed by atoms with Gasteiger partial charge < -0.3 is 4.98 Å². The van der Waals surface area contributed by atoms with E-state index in [9.17, 15) is 0 Å². The number of benzene rings is 1. The van der Waals surface area contributed by atoms with Gasteiger partial charge in [-0.3, -0.25) is 0 Å². The Balaban J connectivity index is 2.18. The van der Waals surface area contributed by atoms with Crippen molar-refractivity contribution in [2.24, 2.45) is 0 Å². The van der Waals surface area contributed by atoms with E-state index in [2.05, 4.69) is 63.0 Å². The summed E-state index contributed by atoms with van der Waals surface area (Å²) < 4.78 is 0. The zero-order valence-electron chi connectivity index (χ0n) is 12.4. The van der Waals surface area contributed by atoms with Gasteiger partial charge in [-0.2, -0.15) is 0 Å². The van der Waals surface area contributed by atoms with Crippen LogP contribution in [0.2, 0.25) is 0 Å². The van der Waals surface area contributed by atoms with Crippen molar-refractivity contribution in [1.29, 1.82) is 0 Å². The molecule has 0 aliphatic heterocycles. The van der Waals surface area contributed by atoms with Crippen LogP contribution in [0.4, 0.5) is 0 Å². The fourth-order valence-electron chi connectivity index (χ4n) is 3.34. The largest absolute Gasteiger partial charge is 0.361 e. The van der Waals surface area contributed by atoms with Crippen molar-refractivity contribution in [3.63, 3.8) is 0 Å². The molecule has 1 aromatic carbocycles. The first-order valence-corrected chi connectivity index (χ1v) is 7.31. The number of aryl methyl sites for hydroxylation is 2. The Hall–Kier alpha value is -1.50. The Bertz CT molecular complexity index is 602. The maximum Gasteiger partial charge on any atom is 0.0302 e. The Morgan fingerprint density at radius 3 is 2.47 bits per heavy atom. The summed E-state index contributed by atoms with van der Waals surface area (Å²) >= 11 is 0. The van der Waals surface area contributed by atoms with Crippen LogP contribution < -0.4 is 0 Å². The summed E-state index contributed by atoms with van der Waals surface area (Å²) in [6.07, 6.45) is 2.31. The van der Waals surface area contributed by atoms with Crippen molar-refractivity contribution in [2.75, 3.05) is 0 Å². The van der Waals surface area contributed by atoms with Crippen LogP contribution in [0.3, 0.4) is 0 Å². The second-order valence-corrected chi connectivity index (χ2v) is 6.56. The maximum atomic E-state index is 3.70. The first-order chi connectivity index (χ1) is 9.00. The van der Waals surface area contributed by atoms with E-state index in [1.807, 2.05) is 0 Å². The van der Waals surface area contributed by atoms with E-state index >= 15 is 0 Å². The summed E-state index contributed by atoms with van der Waals surface area (Å²) in [5.41, 5.74) is 7.35. The normalized spacial score (nSPS) is 16.9. The average molecular weight is 253 g/mol. The molecule has 0 bridgehead atoms. The Morgan fingerprint density at radius 1 is 1.05 bits per heavy atom. The van der Waals surface area contributed by atoms with Crippen molar-refractivity contribution in [3.8, 4) is 0 Å². The van der Waals surface area contributed by atoms with Crippen LogP contribution in [0.25, 0.3) is 0 Å². The Labute approximate surface area is 116 Å². The molecule has 100 valence electrons. The van der Waals surface area contributed by atoms with Gasteiger partial charge in [-0.25, -0.2) is 0 Å². The Kier molecular flexibility index (Phi) is 2.81. The highest BCUT2D eigenvalue weighted by molar-refractivity contribution is 5.47. The molecule has 0 atom stereocenters. The first kappa shape index (κ1) is 12.5. The highest BCUT2D eigenvalue weighted by atomic mass is 14.8. The van der Waals surface area contributed by atoms with Crippen LogP contribution >= 0.6 is 0 Å². The molecule has 0 radical (unpaired) electrons. The minimum absolute atomic E-state index is 0.0789. The lowest BCUT2D eigenvalue weighted by molar-refractivity contribution is 0.612. The van der Waals surface area contributed by atoms with Gasteiger partial charge in [-0.15, -0.1) is 0 Å². The molecular formula is C18H23N. The lowest BCUT2D eigenvalue weighted by Gasteiger charge is -2.26. The zero-order valence-corrected chi connectivity index (χ0v) is 12.4. The quantitative estimate of drug-likeness (QED) is 0.766. The minimum Gasteiger partial charge on any atom is -0.361 e. The number of H-pyrrole nitrogens is 1. The van der Waals surface area contributed by atoms with Crippen LogP contribution in [0.15, 0.2) is 30.3 Å². The van der Waals surface area contributed by atoms with Crippen molar-refractivity contribution in [2.45, 2.75) is 51.9 Å². The average Bonchev–Trinajstić information content (AvgIpc) is 2.78. The third kappa shape index (κ3) is 1.92. The fourth-order valence-corrected chi connectivity index (χ4v) is 3.34. The van der Waals surface area contributed by atoms with Gasteiger partial charge in [0.1, 0.15) is 0 Å². The fraction of sp³-hybridized carbons (Fsp3) is 0.444. The highest BCUT2D eigenvalue weighted by Gasteiger charge is 2.32. The second kappa shape index (κ2) is 4.26. The molecule has 3 rings (SSSR count). The van der Waals surface area contributed by atoms with E-state index in [1.165, 1.54) is 28.1 Å². The summed E-state index contributed by atoms with van der Waals surface area (Å²) in [6, 6.07) is 11.3. The molecule has 0 unspecified atom stereocenters. The molecule has 1 aliphatic rings. The molecule has 0 fully saturated rings. The van der Waals surface area contributed by atoms with Gasteiger partial charge in [0.25, 0.3) is 0 Å². The molecule has 1 heteroatoms. The van der Waals surface area contributed by atoms with E-state index in [1.54, 1.807) is 0 Å². The van der Waals surface area contributed by atoms with E-state index < -0.39 is 0 Å². The van der Waals surface area contributed by atoms with Crippen molar-refractivity contribution in [1.82, 2.24) is 4.98 Å². The summed E-state index contributed by atoms with van der Waals surface area (Å²) in [7, 11) is 0. The number of aromatic amines is 1.